The molecule has 5 rings (SSSR count). The Balaban J connectivity index is 2.25. The summed E-state index contributed by atoms with van der Waals surface area (Å²) in [5.74, 6) is 0. The standard InChI is InChI=1S/C36H48/c1-17-18(2)22(6)30-29(21(17)5)33(13)25(9)26(10)34(30,14)36(16)28(12)27(11)35(33,15)31-23(7)19(3)20(4)24(8)32(31)36/h1-16H3. The highest BCUT2D eigenvalue weighted by molar-refractivity contribution is 5.78. The first-order valence-electron chi connectivity index (χ1n) is 14.0. The molecule has 0 spiro atoms. The van der Waals surface area contributed by atoms with E-state index in [9.17, 15) is 0 Å². The molecule has 3 aliphatic rings. The van der Waals surface area contributed by atoms with Gasteiger partial charge in [-0.05, 0) is 150 Å². The molecule has 0 heteroatoms. The lowest BCUT2D eigenvalue weighted by Gasteiger charge is -2.68. The Morgan fingerprint density at radius 2 is 0.389 bits per heavy atom. The molecule has 2 aromatic rings. The zero-order valence-electron chi connectivity index (χ0n) is 26.0. The maximum Gasteiger partial charge on any atom is 0.0271 e. The van der Waals surface area contributed by atoms with Crippen molar-refractivity contribution in [2.45, 2.75) is 132 Å². The first-order valence-corrected chi connectivity index (χ1v) is 14.0. The monoisotopic (exact) mass is 480 g/mol. The molecule has 0 saturated carbocycles. The van der Waals surface area contributed by atoms with E-state index in [1.807, 2.05) is 0 Å². The van der Waals surface area contributed by atoms with E-state index in [0.717, 1.165) is 0 Å². The molecule has 2 aromatic carbocycles. The molecule has 0 amide bonds. The van der Waals surface area contributed by atoms with Crippen molar-refractivity contribution < 1.29 is 0 Å². The lowest BCUT2D eigenvalue weighted by molar-refractivity contribution is 0.221. The lowest BCUT2D eigenvalue weighted by atomic mass is 9.34. The normalized spacial score (nSPS) is 32.7. The van der Waals surface area contributed by atoms with Crippen molar-refractivity contribution in [3.05, 3.63) is 89.1 Å². The molecule has 3 aliphatic carbocycles. The second kappa shape index (κ2) is 6.86. The summed E-state index contributed by atoms with van der Waals surface area (Å²) in [6.07, 6.45) is 0. The molecule has 0 nitrogen and oxygen atoms in total. The van der Waals surface area contributed by atoms with E-state index in [4.69, 9.17) is 0 Å². The maximum atomic E-state index is 2.60. The number of hydrogen-bond acceptors (Lipinski definition) is 0. The average Bonchev–Trinajstić information content (AvgIpc) is 2.84. The molecule has 4 atom stereocenters. The number of benzene rings is 2. The highest BCUT2D eigenvalue weighted by Crippen LogP contribution is 2.73. The molecular weight excluding hydrogens is 432 g/mol. The molecule has 0 heterocycles. The number of rotatable bonds is 0. The minimum Gasteiger partial charge on any atom is -0.0619 e. The van der Waals surface area contributed by atoms with E-state index in [1.165, 1.54) is 44.5 Å². The third kappa shape index (κ3) is 2.12. The van der Waals surface area contributed by atoms with Crippen molar-refractivity contribution in [1.82, 2.24) is 0 Å². The minimum absolute atomic E-state index is 0.125. The Kier molecular flexibility index (Phi) is 4.87. The quantitative estimate of drug-likeness (QED) is 0.329. The highest BCUT2D eigenvalue weighted by atomic mass is 14.7. The van der Waals surface area contributed by atoms with Gasteiger partial charge in [0.25, 0.3) is 0 Å². The van der Waals surface area contributed by atoms with Crippen LogP contribution in [-0.2, 0) is 21.7 Å². The van der Waals surface area contributed by atoms with Gasteiger partial charge < -0.3 is 0 Å². The molecule has 36 heavy (non-hydrogen) atoms. The van der Waals surface area contributed by atoms with Gasteiger partial charge in [0.05, 0.1) is 0 Å². The van der Waals surface area contributed by atoms with Crippen LogP contribution in [0.25, 0.3) is 0 Å². The predicted molar refractivity (Wildman–Crippen MR) is 157 cm³/mol. The number of hydrogen-bond donors (Lipinski definition) is 0. The van der Waals surface area contributed by atoms with Crippen LogP contribution in [0.15, 0.2) is 22.3 Å². The summed E-state index contributed by atoms with van der Waals surface area (Å²) in [6.45, 7) is 39.4. The Morgan fingerprint density at radius 1 is 0.250 bits per heavy atom. The van der Waals surface area contributed by atoms with Gasteiger partial charge in [0.15, 0.2) is 0 Å². The van der Waals surface area contributed by atoms with Crippen molar-refractivity contribution in [1.29, 1.82) is 0 Å². The summed E-state index contributed by atoms with van der Waals surface area (Å²) in [4.78, 5) is 0. The van der Waals surface area contributed by atoms with Gasteiger partial charge in [-0.1, -0.05) is 50.0 Å². The molecular formula is C36H48. The predicted octanol–water partition coefficient (Wildman–Crippen LogP) is 9.60. The SMILES string of the molecule is CC1=C(C)C2(C)c3c(C)c(C)c(C)c(C)c3C1(C)C1(C)C(C)=C(C)C2(C)c2c(C)c(C)c(C)c(C)c21. The molecule has 0 aliphatic heterocycles. The summed E-state index contributed by atoms with van der Waals surface area (Å²) in [6, 6.07) is 0. The average molecular weight is 481 g/mol. The Hall–Kier alpha value is -2.08. The van der Waals surface area contributed by atoms with Crippen LogP contribution in [0.2, 0.25) is 0 Å². The third-order valence-electron chi connectivity index (χ3n) is 13.5. The van der Waals surface area contributed by atoms with Crippen LogP contribution in [0.1, 0.15) is 122 Å². The molecule has 0 saturated heterocycles. The largest absolute Gasteiger partial charge is 0.0619 e. The van der Waals surface area contributed by atoms with E-state index in [-0.39, 0.29) is 21.7 Å². The van der Waals surface area contributed by atoms with Gasteiger partial charge in [-0.25, -0.2) is 0 Å². The van der Waals surface area contributed by atoms with Gasteiger partial charge in [0.2, 0.25) is 0 Å². The van der Waals surface area contributed by atoms with E-state index in [2.05, 4.69) is 111 Å². The van der Waals surface area contributed by atoms with Gasteiger partial charge in [0.1, 0.15) is 0 Å². The second-order valence-electron chi connectivity index (χ2n) is 13.5. The fourth-order valence-corrected chi connectivity index (χ4v) is 9.88. The number of fused-ring (bicyclic) bond motifs is 2. The minimum atomic E-state index is -0.125. The molecule has 192 valence electrons. The summed E-state index contributed by atoms with van der Waals surface area (Å²) in [5.41, 5.74) is 24.3. The van der Waals surface area contributed by atoms with Gasteiger partial charge in [-0.15, -0.1) is 0 Å². The van der Waals surface area contributed by atoms with Crippen molar-refractivity contribution >= 4 is 0 Å². The molecule has 0 aromatic heterocycles. The molecule has 0 fully saturated rings. The Morgan fingerprint density at radius 3 is 0.528 bits per heavy atom. The maximum absolute atomic E-state index is 2.60. The topological polar surface area (TPSA) is 0 Å². The van der Waals surface area contributed by atoms with Crippen molar-refractivity contribution in [2.75, 3.05) is 0 Å². The van der Waals surface area contributed by atoms with E-state index in [0.29, 0.717) is 0 Å². The van der Waals surface area contributed by atoms with Crippen LogP contribution >= 0.6 is 0 Å². The lowest BCUT2D eigenvalue weighted by Crippen LogP contribution is -2.64. The van der Waals surface area contributed by atoms with Crippen LogP contribution in [-0.4, -0.2) is 0 Å². The fraction of sp³-hybridized carbons (Fsp3) is 0.556. The fourth-order valence-electron chi connectivity index (χ4n) is 9.88. The summed E-state index contributed by atoms with van der Waals surface area (Å²) < 4.78 is 0. The summed E-state index contributed by atoms with van der Waals surface area (Å²) in [7, 11) is 0. The van der Waals surface area contributed by atoms with Gasteiger partial charge in [-0.2, -0.15) is 0 Å². The highest BCUT2D eigenvalue weighted by Gasteiger charge is 2.68. The Labute approximate surface area is 221 Å². The zero-order chi connectivity index (χ0) is 27.2. The van der Waals surface area contributed by atoms with Crippen LogP contribution < -0.4 is 0 Å². The van der Waals surface area contributed by atoms with Crippen LogP contribution in [0.5, 0.6) is 0 Å². The van der Waals surface area contributed by atoms with E-state index >= 15 is 0 Å². The Bertz CT molecular complexity index is 1260. The van der Waals surface area contributed by atoms with E-state index < -0.39 is 0 Å². The smallest absolute Gasteiger partial charge is 0.0271 e. The first kappa shape index (κ1) is 25.6. The summed E-state index contributed by atoms with van der Waals surface area (Å²) in [5, 5.41) is 0. The van der Waals surface area contributed by atoms with Crippen molar-refractivity contribution in [3.63, 3.8) is 0 Å². The summed E-state index contributed by atoms with van der Waals surface area (Å²) >= 11 is 0. The van der Waals surface area contributed by atoms with E-state index in [1.54, 1.807) is 44.5 Å². The second-order valence-corrected chi connectivity index (χ2v) is 13.5. The third-order valence-corrected chi connectivity index (χ3v) is 13.5. The van der Waals surface area contributed by atoms with Crippen molar-refractivity contribution in [2.24, 2.45) is 0 Å². The van der Waals surface area contributed by atoms with Crippen molar-refractivity contribution in [3.8, 4) is 0 Å². The molecule has 4 bridgehead atoms. The molecule has 4 unspecified atom stereocenters. The van der Waals surface area contributed by atoms with Crippen LogP contribution in [0.4, 0.5) is 0 Å². The van der Waals surface area contributed by atoms with Gasteiger partial charge >= 0.3 is 0 Å². The first-order chi connectivity index (χ1) is 16.4. The molecule has 0 radical (unpaired) electrons. The molecule has 0 N–H and O–H groups in total. The van der Waals surface area contributed by atoms with Gasteiger partial charge in [-0.3, -0.25) is 0 Å². The van der Waals surface area contributed by atoms with Crippen LogP contribution in [0, 0.1) is 55.4 Å². The van der Waals surface area contributed by atoms with Gasteiger partial charge in [0, 0.05) is 21.7 Å². The zero-order valence-corrected chi connectivity index (χ0v) is 26.0. The number of allylic oxidation sites excluding steroid dienone is 4. The van der Waals surface area contributed by atoms with Crippen LogP contribution in [0.3, 0.4) is 0 Å².